The maximum atomic E-state index is 12.8. The molecule has 1 aliphatic heterocycles. The van der Waals surface area contributed by atoms with E-state index in [1.54, 1.807) is 6.33 Å². The van der Waals surface area contributed by atoms with Crippen molar-refractivity contribution in [3.63, 3.8) is 0 Å². The average molecular weight is 472 g/mol. The minimum absolute atomic E-state index is 0.0674. The van der Waals surface area contributed by atoms with E-state index < -0.39 is 0 Å². The molecular formula is C27H29N5O3. The Morgan fingerprint density at radius 3 is 2.63 bits per heavy atom. The number of morpholine rings is 1. The summed E-state index contributed by atoms with van der Waals surface area (Å²) in [5.41, 5.74) is 3.93. The lowest BCUT2D eigenvalue weighted by atomic mass is 10.0. The maximum absolute atomic E-state index is 12.8. The summed E-state index contributed by atoms with van der Waals surface area (Å²) in [4.78, 5) is 28.9. The van der Waals surface area contributed by atoms with Gasteiger partial charge in [-0.15, -0.1) is 0 Å². The first kappa shape index (κ1) is 23.0. The summed E-state index contributed by atoms with van der Waals surface area (Å²) >= 11 is 0. The molecule has 1 saturated heterocycles. The molecule has 5 rings (SSSR count). The van der Waals surface area contributed by atoms with Crippen LogP contribution in [0.5, 0.6) is 11.6 Å². The van der Waals surface area contributed by atoms with Gasteiger partial charge >= 0.3 is 0 Å². The number of hydrogen-bond acceptors (Lipinski definition) is 7. The summed E-state index contributed by atoms with van der Waals surface area (Å²) in [6.45, 7) is 7.48. The molecule has 0 radical (unpaired) electrons. The van der Waals surface area contributed by atoms with Crippen molar-refractivity contribution in [3.8, 4) is 11.6 Å². The van der Waals surface area contributed by atoms with Gasteiger partial charge in [0.2, 0.25) is 5.95 Å². The molecule has 3 heterocycles. The van der Waals surface area contributed by atoms with Gasteiger partial charge in [0.1, 0.15) is 5.75 Å². The fraction of sp³-hybridized carbons (Fsp3) is 0.333. The highest BCUT2D eigenvalue weighted by atomic mass is 16.5. The van der Waals surface area contributed by atoms with Crippen LogP contribution in [0.25, 0.3) is 11.2 Å². The van der Waals surface area contributed by atoms with Crippen molar-refractivity contribution in [2.75, 3.05) is 18.0 Å². The average Bonchev–Trinajstić information content (AvgIpc) is 3.19. The Hall–Kier alpha value is -3.78. The van der Waals surface area contributed by atoms with Crippen molar-refractivity contribution in [3.05, 3.63) is 71.5 Å². The van der Waals surface area contributed by atoms with Gasteiger partial charge in [-0.1, -0.05) is 35.9 Å². The highest BCUT2D eigenvalue weighted by Crippen LogP contribution is 2.30. The zero-order valence-electron chi connectivity index (χ0n) is 20.4. The molecule has 0 aliphatic carbocycles. The van der Waals surface area contributed by atoms with Crippen LogP contribution in [0.3, 0.4) is 0 Å². The van der Waals surface area contributed by atoms with E-state index in [2.05, 4.69) is 9.88 Å². The number of ketones is 1. The van der Waals surface area contributed by atoms with Crippen molar-refractivity contribution >= 4 is 22.9 Å². The van der Waals surface area contributed by atoms with Gasteiger partial charge in [0.05, 0.1) is 18.5 Å². The van der Waals surface area contributed by atoms with Crippen LogP contribution in [-0.2, 0) is 18.2 Å². The number of aromatic nitrogens is 4. The van der Waals surface area contributed by atoms with Crippen LogP contribution < -0.4 is 9.64 Å². The fourth-order valence-corrected chi connectivity index (χ4v) is 4.46. The monoisotopic (exact) mass is 471 g/mol. The lowest BCUT2D eigenvalue weighted by molar-refractivity contribution is -0.00573. The highest BCUT2D eigenvalue weighted by Gasteiger charge is 2.26. The molecule has 1 aliphatic rings. The molecule has 8 heteroatoms. The Labute approximate surface area is 204 Å². The summed E-state index contributed by atoms with van der Waals surface area (Å²) in [6, 6.07) is 15.2. The van der Waals surface area contributed by atoms with Crippen molar-refractivity contribution in [1.29, 1.82) is 0 Å². The third kappa shape index (κ3) is 5.02. The Morgan fingerprint density at radius 2 is 1.86 bits per heavy atom. The molecule has 0 amide bonds. The number of carbonyl (C=O) groups excluding carboxylic acids is 1. The predicted molar refractivity (Wildman–Crippen MR) is 134 cm³/mol. The molecule has 2 atom stereocenters. The Kier molecular flexibility index (Phi) is 6.21. The minimum Gasteiger partial charge on any atom is -0.437 e. The number of fused-ring (bicyclic) bond motifs is 1. The van der Waals surface area contributed by atoms with Crippen LogP contribution in [0.1, 0.15) is 35.3 Å². The van der Waals surface area contributed by atoms with Crippen molar-refractivity contribution in [2.45, 2.75) is 39.4 Å². The molecule has 4 aromatic rings. The van der Waals surface area contributed by atoms with Gasteiger partial charge in [-0.05, 0) is 44.5 Å². The standard InChI is InChI=1S/C27H29N5O3/c1-17-7-5-9-21(11-17)23(33)13-20-8-6-10-22(12-20)35-26-24-25(31(4)16-28-24)29-27(30-26)32-14-18(2)34-19(3)15-32/h5-12,16,18-19H,13-15H2,1-4H3. The van der Waals surface area contributed by atoms with Crippen LogP contribution in [0.15, 0.2) is 54.9 Å². The maximum Gasteiger partial charge on any atom is 0.252 e. The molecular weight excluding hydrogens is 442 g/mol. The Balaban J connectivity index is 1.43. The van der Waals surface area contributed by atoms with E-state index in [9.17, 15) is 4.79 Å². The van der Waals surface area contributed by atoms with Crippen molar-refractivity contribution < 1.29 is 14.3 Å². The smallest absolute Gasteiger partial charge is 0.252 e. The number of ether oxygens (including phenoxy) is 2. The van der Waals surface area contributed by atoms with E-state index >= 15 is 0 Å². The lowest BCUT2D eigenvalue weighted by Gasteiger charge is -2.35. The number of benzene rings is 2. The lowest BCUT2D eigenvalue weighted by Crippen LogP contribution is -2.46. The van der Waals surface area contributed by atoms with Gasteiger partial charge in [0.25, 0.3) is 5.88 Å². The normalized spacial score (nSPS) is 18.1. The second-order valence-corrected chi connectivity index (χ2v) is 9.24. The zero-order valence-corrected chi connectivity index (χ0v) is 20.4. The molecule has 1 fully saturated rings. The predicted octanol–water partition coefficient (Wildman–Crippen LogP) is 4.50. The molecule has 0 N–H and O–H groups in total. The van der Waals surface area contributed by atoms with Crippen molar-refractivity contribution in [2.24, 2.45) is 7.05 Å². The summed E-state index contributed by atoms with van der Waals surface area (Å²) in [7, 11) is 1.90. The molecule has 2 aromatic heterocycles. The minimum atomic E-state index is 0.0674. The second kappa shape index (κ2) is 9.46. The van der Waals surface area contributed by atoms with Gasteiger partial charge < -0.3 is 18.9 Å². The van der Waals surface area contributed by atoms with Gasteiger partial charge in [-0.25, -0.2) is 4.98 Å². The third-order valence-electron chi connectivity index (χ3n) is 6.04. The van der Waals surface area contributed by atoms with E-state index in [4.69, 9.17) is 19.4 Å². The molecule has 180 valence electrons. The SMILES string of the molecule is Cc1cccc(C(=O)Cc2cccc(Oc3nc(N4CC(C)OC(C)C4)nc4c3ncn4C)c2)c1. The largest absolute Gasteiger partial charge is 0.437 e. The molecule has 2 unspecified atom stereocenters. The number of rotatable bonds is 6. The topological polar surface area (TPSA) is 82.4 Å². The van der Waals surface area contributed by atoms with Crippen LogP contribution in [-0.4, -0.2) is 50.6 Å². The van der Waals surface area contributed by atoms with Gasteiger partial charge in [0, 0.05) is 32.1 Å². The van der Waals surface area contributed by atoms with Crippen LogP contribution >= 0.6 is 0 Å². The molecule has 8 nitrogen and oxygen atoms in total. The van der Waals surface area contributed by atoms with E-state index in [1.807, 2.05) is 80.9 Å². The molecule has 2 aromatic carbocycles. The number of hydrogen-bond donors (Lipinski definition) is 0. The van der Waals surface area contributed by atoms with Gasteiger partial charge in [-0.2, -0.15) is 9.97 Å². The van der Waals surface area contributed by atoms with Crippen LogP contribution in [0.2, 0.25) is 0 Å². The summed E-state index contributed by atoms with van der Waals surface area (Å²) in [5, 5.41) is 0. The first-order chi connectivity index (χ1) is 16.9. The number of anilines is 1. The highest BCUT2D eigenvalue weighted by molar-refractivity contribution is 5.97. The molecule has 0 spiro atoms. The number of aryl methyl sites for hydroxylation is 2. The Morgan fingerprint density at radius 1 is 1.09 bits per heavy atom. The molecule has 0 saturated carbocycles. The second-order valence-electron chi connectivity index (χ2n) is 9.24. The van der Waals surface area contributed by atoms with Crippen LogP contribution in [0, 0.1) is 6.92 Å². The molecule has 0 bridgehead atoms. The number of nitrogens with zero attached hydrogens (tertiary/aromatic N) is 5. The number of imidazole rings is 1. The summed E-state index contributed by atoms with van der Waals surface area (Å²) in [6.07, 6.45) is 2.16. The number of Topliss-reactive ketones (excluding diaryl/α,β-unsaturated/α-hetero) is 1. The molecule has 35 heavy (non-hydrogen) atoms. The first-order valence-electron chi connectivity index (χ1n) is 11.8. The third-order valence-corrected chi connectivity index (χ3v) is 6.04. The van der Waals surface area contributed by atoms with Gasteiger partial charge in [0.15, 0.2) is 16.9 Å². The fourth-order valence-electron chi connectivity index (χ4n) is 4.46. The van der Waals surface area contributed by atoms with E-state index in [-0.39, 0.29) is 24.4 Å². The van der Waals surface area contributed by atoms with E-state index in [0.29, 0.717) is 47.4 Å². The van der Waals surface area contributed by atoms with E-state index in [1.165, 1.54) is 0 Å². The quantitative estimate of drug-likeness (QED) is 0.383. The first-order valence-corrected chi connectivity index (χ1v) is 11.8. The van der Waals surface area contributed by atoms with Gasteiger partial charge in [-0.3, -0.25) is 4.79 Å². The zero-order chi connectivity index (χ0) is 24.5. The van der Waals surface area contributed by atoms with E-state index in [0.717, 1.165) is 11.1 Å². The van der Waals surface area contributed by atoms with Crippen LogP contribution in [0.4, 0.5) is 5.95 Å². The Bertz CT molecular complexity index is 1370. The summed E-state index contributed by atoms with van der Waals surface area (Å²) < 4.78 is 14.0. The number of carbonyl (C=O) groups is 1. The summed E-state index contributed by atoms with van der Waals surface area (Å²) in [5.74, 6) is 1.64. The van der Waals surface area contributed by atoms with Crippen molar-refractivity contribution in [1.82, 2.24) is 19.5 Å².